The molecule has 3 aliphatic carbocycles. The molecule has 3 fully saturated rings. The molecule has 1 aromatic rings. The van der Waals surface area contributed by atoms with Gasteiger partial charge in [-0.15, -0.1) is 0 Å². The van der Waals surface area contributed by atoms with Crippen LogP contribution in [0.15, 0.2) is 24.3 Å². The second-order valence-corrected chi connectivity index (χ2v) is 7.22. The lowest BCUT2D eigenvalue weighted by atomic mass is 9.43. The summed E-state index contributed by atoms with van der Waals surface area (Å²) in [6.07, 6.45) is 1.14. The third kappa shape index (κ3) is 1.87. The zero-order valence-electron chi connectivity index (χ0n) is 12.6. The van der Waals surface area contributed by atoms with Crippen molar-refractivity contribution in [3.05, 3.63) is 29.8 Å². The SMILES string of the molecule is Cc1ccccc1NC[C@@]1(O)[C@@H]2C[C@H](C[C@@H]1O)C2(C)C. The predicted octanol–water partition coefficient (Wildman–Crippen LogP) is 2.56. The maximum absolute atomic E-state index is 11.0. The van der Waals surface area contributed by atoms with E-state index >= 15 is 0 Å². The molecule has 3 saturated carbocycles. The molecule has 0 spiro atoms. The van der Waals surface area contributed by atoms with E-state index in [9.17, 15) is 10.2 Å². The van der Waals surface area contributed by atoms with Gasteiger partial charge in [0.05, 0.1) is 6.10 Å². The average Bonchev–Trinajstić information content (AvgIpc) is 2.40. The monoisotopic (exact) mass is 275 g/mol. The van der Waals surface area contributed by atoms with E-state index in [-0.39, 0.29) is 11.3 Å². The minimum absolute atomic E-state index is 0.140. The Hall–Kier alpha value is -1.06. The molecule has 3 N–H and O–H groups in total. The van der Waals surface area contributed by atoms with E-state index < -0.39 is 11.7 Å². The van der Waals surface area contributed by atoms with Crippen molar-refractivity contribution < 1.29 is 10.2 Å². The van der Waals surface area contributed by atoms with Crippen LogP contribution >= 0.6 is 0 Å². The molecule has 0 saturated heterocycles. The molecule has 3 nitrogen and oxygen atoms in total. The molecule has 0 aliphatic heterocycles. The number of nitrogens with one attached hydrogen (secondary N) is 1. The number of rotatable bonds is 3. The number of para-hydroxylation sites is 1. The van der Waals surface area contributed by atoms with E-state index in [1.165, 1.54) is 0 Å². The Balaban J connectivity index is 1.77. The number of benzene rings is 1. The summed E-state index contributed by atoms with van der Waals surface area (Å²) >= 11 is 0. The van der Waals surface area contributed by atoms with E-state index in [4.69, 9.17) is 0 Å². The highest BCUT2D eigenvalue weighted by Gasteiger charge is 2.64. The van der Waals surface area contributed by atoms with Gasteiger partial charge < -0.3 is 15.5 Å². The molecule has 0 radical (unpaired) electrons. The predicted molar refractivity (Wildman–Crippen MR) is 80.6 cm³/mol. The second-order valence-electron chi connectivity index (χ2n) is 7.22. The maximum Gasteiger partial charge on any atom is 0.111 e. The Labute approximate surface area is 121 Å². The molecule has 4 atom stereocenters. The molecule has 110 valence electrons. The van der Waals surface area contributed by atoms with Gasteiger partial charge in [0.1, 0.15) is 5.60 Å². The van der Waals surface area contributed by atoms with Gasteiger partial charge in [0.25, 0.3) is 0 Å². The number of anilines is 1. The van der Waals surface area contributed by atoms with Crippen molar-refractivity contribution in [2.75, 3.05) is 11.9 Å². The number of aryl methyl sites for hydroxylation is 1. The van der Waals surface area contributed by atoms with Crippen molar-refractivity contribution in [3.8, 4) is 0 Å². The fourth-order valence-corrected chi connectivity index (χ4v) is 4.22. The third-order valence-corrected chi connectivity index (χ3v) is 5.87. The van der Waals surface area contributed by atoms with E-state index in [2.05, 4.69) is 19.2 Å². The van der Waals surface area contributed by atoms with Crippen LogP contribution in [0, 0.1) is 24.2 Å². The number of hydrogen-bond donors (Lipinski definition) is 3. The summed E-state index contributed by atoms with van der Waals surface area (Å²) in [7, 11) is 0. The van der Waals surface area contributed by atoms with Crippen molar-refractivity contribution in [2.24, 2.45) is 17.3 Å². The van der Waals surface area contributed by atoms with Gasteiger partial charge in [0.2, 0.25) is 0 Å². The van der Waals surface area contributed by atoms with E-state index in [1.54, 1.807) is 0 Å². The Bertz CT molecular complexity index is 513. The van der Waals surface area contributed by atoms with Gasteiger partial charge in [-0.05, 0) is 48.6 Å². The van der Waals surface area contributed by atoms with Gasteiger partial charge in [-0.1, -0.05) is 32.0 Å². The van der Waals surface area contributed by atoms with Crippen LogP contribution in [0.3, 0.4) is 0 Å². The molecule has 3 heteroatoms. The zero-order valence-corrected chi connectivity index (χ0v) is 12.6. The first kappa shape index (κ1) is 13.9. The molecule has 2 bridgehead atoms. The van der Waals surface area contributed by atoms with Gasteiger partial charge in [-0.2, -0.15) is 0 Å². The fraction of sp³-hybridized carbons (Fsp3) is 0.647. The van der Waals surface area contributed by atoms with Crippen LogP contribution in [0.25, 0.3) is 0 Å². The Morgan fingerprint density at radius 1 is 1.25 bits per heavy atom. The highest BCUT2D eigenvalue weighted by molar-refractivity contribution is 5.50. The van der Waals surface area contributed by atoms with Gasteiger partial charge in [0, 0.05) is 12.2 Å². The number of fused-ring (bicyclic) bond motifs is 2. The quantitative estimate of drug-likeness (QED) is 0.794. The lowest BCUT2D eigenvalue weighted by molar-refractivity contribution is -0.247. The molecule has 1 aromatic carbocycles. The van der Waals surface area contributed by atoms with E-state index in [0.29, 0.717) is 12.5 Å². The van der Waals surface area contributed by atoms with Crippen LogP contribution in [-0.4, -0.2) is 28.5 Å². The summed E-state index contributed by atoms with van der Waals surface area (Å²) < 4.78 is 0. The molecule has 20 heavy (non-hydrogen) atoms. The molecule has 4 rings (SSSR count). The summed E-state index contributed by atoms with van der Waals surface area (Å²) in [5.41, 5.74) is 1.32. The van der Waals surface area contributed by atoms with Crippen molar-refractivity contribution >= 4 is 5.69 Å². The first-order valence-electron chi connectivity index (χ1n) is 7.55. The molecular formula is C17H25NO2. The number of hydrogen-bond acceptors (Lipinski definition) is 3. The van der Waals surface area contributed by atoms with Crippen molar-refractivity contribution in [1.82, 2.24) is 0 Å². The van der Waals surface area contributed by atoms with Gasteiger partial charge in [0.15, 0.2) is 0 Å². The fourth-order valence-electron chi connectivity index (χ4n) is 4.22. The normalized spacial score (nSPS) is 38.1. The zero-order chi connectivity index (χ0) is 14.5. The lowest BCUT2D eigenvalue weighted by Crippen LogP contribution is -2.69. The van der Waals surface area contributed by atoms with E-state index in [0.717, 1.165) is 24.1 Å². The second kappa shape index (κ2) is 4.47. The van der Waals surface area contributed by atoms with Crippen LogP contribution in [0.2, 0.25) is 0 Å². The van der Waals surface area contributed by atoms with Crippen molar-refractivity contribution in [1.29, 1.82) is 0 Å². The first-order valence-corrected chi connectivity index (χ1v) is 7.55. The largest absolute Gasteiger partial charge is 0.390 e. The smallest absolute Gasteiger partial charge is 0.111 e. The van der Waals surface area contributed by atoms with E-state index in [1.807, 2.05) is 31.2 Å². The summed E-state index contributed by atoms with van der Waals surface area (Å²) in [5.74, 6) is 0.738. The third-order valence-electron chi connectivity index (χ3n) is 5.87. The molecule has 0 heterocycles. The molecule has 3 aliphatic rings. The first-order chi connectivity index (χ1) is 9.35. The number of aliphatic hydroxyl groups is 2. The Morgan fingerprint density at radius 3 is 2.60 bits per heavy atom. The topological polar surface area (TPSA) is 52.5 Å². The average molecular weight is 275 g/mol. The summed E-state index contributed by atoms with van der Waals surface area (Å²) in [6.45, 7) is 6.90. The van der Waals surface area contributed by atoms with Gasteiger partial charge in [-0.3, -0.25) is 0 Å². The minimum atomic E-state index is -1.01. The molecule has 0 unspecified atom stereocenters. The van der Waals surface area contributed by atoms with Crippen LogP contribution in [0.4, 0.5) is 5.69 Å². The highest BCUT2D eigenvalue weighted by Crippen LogP contribution is 2.62. The van der Waals surface area contributed by atoms with Gasteiger partial charge in [-0.25, -0.2) is 0 Å². The van der Waals surface area contributed by atoms with Crippen molar-refractivity contribution in [2.45, 2.75) is 45.3 Å². The molecule has 0 aromatic heterocycles. The Kier molecular flexibility index (Phi) is 3.11. The van der Waals surface area contributed by atoms with Crippen molar-refractivity contribution in [3.63, 3.8) is 0 Å². The summed E-state index contributed by atoms with van der Waals surface area (Å²) in [6, 6.07) is 8.06. The lowest BCUT2D eigenvalue weighted by Gasteiger charge is -2.65. The van der Waals surface area contributed by atoms with Crippen LogP contribution < -0.4 is 5.32 Å². The molecule has 0 amide bonds. The highest BCUT2D eigenvalue weighted by atomic mass is 16.3. The molecular weight excluding hydrogens is 250 g/mol. The maximum atomic E-state index is 11.0. The van der Waals surface area contributed by atoms with Crippen LogP contribution in [-0.2, 0) is 0 Å². The summed E-state index contributed by atoms with van der Waals surface area (Å²) in [4.78, 5) is 0. The van der Waals surface area contributed by atoms with Gasteiger partial charge >= 0.3 is 0 Å². The minimum Gasteiger partial charge on any atom is -0.390 e. The standard InChI is InChI=1S/C17H25NO2/c1-11-6-4-5-7-13(11)18-10-17(20)14-8-12(9-15(17)19)16(14,2)3/h4-7,12,14-15,18-20H,8-10H2,1-3H3/t12-,14-,15+,17-/m1/s1. The van der Waals surface area contributed by atoms with Crippen LogP contribution in [0.1, 0.15) is 32.3 Å². The number of aliphatic hydroxyl groups excluding tert-OH is 1. The van der Waals surface area contributed by atoms with Crippen LogP contribution in [0.5, 0.6) is 0 Å². The Morgan fingerprint density at radius 2 is 1.95 bits per heavy atom. The summed E-state index contributed by atoms with van der Waals surface area (Å²) in [5, 5.41) is 24.7.